The van der Waals surface area contributed by atoms with E-state index in [4.69, 9.17) is 9.47 Å². The molecule has 2 aromatic rings. The van der Waals surface area contributed by atoms with Gasteiger partial charge in [0.05, 0.1) is 13.7 Å². The number of nitrogens with zero attached hydrogens (tertiary/aromatic N) is 2. The molecule has 0 saturated carbocycles. The zero-order chi connectivity index (χ0) is 14.9. The van der Waals surface area contributed by atoms with Crippen LogP contribution in [0.2, 0.25) is 0 Å². The fraction of sp³-hybridized carbons (Fsp3) is 0.286. The Morgan fingerprint density at radius 3 is 2.90 bits per heavy atom. The number of anilines is 1. The van der Waals surface area contributed by atoms with Gasteiger partial charge in [-0.1, -0.05) is 41.3 Å². The van der Waals surface area contributed by atoms with Gasteiger partial charge in [-0.3, -0.25) is 0 Å². The van der Waals surface area contributed by atoms with Gasteiger partial charge in [-0.25, -0.2) is 0 Å². The van der Waals surface area contributed by atoms with E-state index in [1.54, 1.807) is 24.9 Å². The summed E-state index contributed by atoms with van der Waals surface area (Å²) in [6, 6.07) is 7.61. The molecule has 7 heteroatoms. The highest BCUT2D eigenvalue weighted by molar-refractivity contribution is 8.01. The van der Waals surface area contributed by atoms with Crippen LogP contribution in [0.4, 0.5) is 5.13 Å². The number of hydrogen-bond donors (Lipinski definition) is 1. The van der Waals surface area contributed by atoms with E-state index in [-0.39, 0.29) is 0 Å². The molecule has 0 unspecified atom stereocenters. The quantitative estimate of drug-likeness (QED) is 0.434. The van der Waals surface area contributed by atoms with Crippen molar-refractivity contribution in [3.63, 3.8) is 0 Å². The summed E-state index contributed by atoms with van der Waals surface area (Å²) in [7, 11) is 1.63. The van der Waals surface area contributed by atoms with Crippen LogP contribution in [0.5, 0.6) is 11.5 Å². The average Bonchev–Trinajstić information content (AvgIpc) is 2.97. The van der Waals surface area contributed by atoms with Crippen molar-refractivity contribution in [2.24, 2.45) is 0 Å². The predicted octanol–water partition coefficient (Wildman–Crippen LogP) is 3.32. The molecule has 0 radical (unpaired) electrons. The lowest BCUT2D eigenvalue weighted by Gasteiger charge is -2.09. The fourth-order valence-corrected chi connectivity index (χ4v) is 3.16. The zero-order valence-corrected chi connectivity index (χ0v) is 13.4. The lowest BCUT2D eigenvalue weighted by Crippen LogP contribution is -2.01. The van der Waals surface area contributed by atoms with E-state index < -0.39 is 0 Å². The second-order valence-corrected chi connectivity index (χ2v) is 6.21. The first-order valence-corrected chi connectivity index (χ1v) is 8.20. The maximum Gasteiger partial charge on any atom is 0.206 e. The number of thioether (sulfide) groups is 1. The minimum Gasteiger partial charge on any atom is -0.493 e. The summed E-state index contributed by atoms with van der Waals surface area (Å²) >= 11 is 3.15. The van der Waals surface area contributed by atoms with Crippen LogP contribution in [-0.2, 0) is 0 Å². The highest BCUT2D eigenvalue weighted by Gasteiger charge is 2.05. The van der Waals surface area contributed by atoms with Crippen LogP contribution < -0.4 is 14.8 Å². The number of benzene rings is 1. The number of nitrogens with one attached hydrogen (secondary N) is 1. The minimum absolute atomic E-state index is 0.583. The number of rotatable bonds is 9. The lowest BCUT2D eigenvalue weighted by molar-refractivity contribution is 0.313. The molecule has 2 rings (SSSR count). The van der Waals surface area contributed by atoms with Gasteiger partial charge in [-0.05, 0) is 12.1 Å². The largest absolute Gasteiger partial charge is 0.493 e. The monoisotopic (exact) mass is 323 g/mol. The molecule has 0 spiro atoms. The van der Waals surface area contributed by atoms with Crippen molar-refractivity contribution in [3.05, 3.63) is 36.9 Å². The molecule has 21 heavy (non-hydrogen) atoms. The van der Waals surface area contributed by atoms with Crippen LogP contribution >= 0.6 is 23.1 Å². The summed E-state index contributed by atoms with van der Waals surface area (Å²) in [6.07, 6.45) is 1.79. The molecule has 0 aliphatic heterocycles. The molecule has 1 aromatic heterocycles. The van der Waals surface area contributed by atoms with E-state index in [1.807, 2.05) is 24.3 Å². The van der Waals surface area contributed by atoms with Crippen molar-refractivity contribution in [1.82, 2.24) is 10.2 Å². The number of para-hydroxylation sites is 2. The summed E-state index contributed by atoms with van der Waals surface area (Å²) in [5, 5.41) is 12.1. The van der Waals surface area contributed by atoms with E-state index in [1.165, 1.54) is 11.3 Å². The first kappa shape index (κ1) is 15.7. The van der Waals surface area contributed by atoms with E-state index in [2.05, 4.69) is 22.1 Å². The van der Waals surface area contributed by atoms with Gasteiger partial charge in [0.1, 0.15) is 0 Å². The maximum absolute atomic E-state index is 5.70. The van der Waals surface area contributed by atoms with Gasteiger partial charge in [0.25, 0.3) is 0 Å². The van der Waals surface area contributed by atoms with Crippen LogP contribution in [-0.4, -0.2) is 36.2 Å². The van der Waals surface area contributed by atoms with Gasteiger partial charge in [0.2, 0.25) is 5.13 Å². The normalized spacial score (nSPS) is 10.1. The van der Waals surface area contributed by atoms with Crippen molar-refractivity contribution in [1.29, 1.82) is 0 Å². The Hall–Kier alpha value is -1.73. The van der Waals surface area contributed by atoms with Crippen LogP contribution in [0.25, 0.3) is 0 Å². The molecule has 0 saturated heterocycles. The molecular formula is C14H17N3O2S2. The van der Waals surface area contributed by atoms with E-state index in [9.17, 15) is 0 Å². The summed E-state index contributed by atoms with van der Waals surface area (Å²) in [5.74, 6) is 2.30. The highest BCUT2D eigenvalue weighted by atomic mass is 32.2. The third-order valence-electron chi connectivity index (χ3n) is 2.44. The molecule has 0 bridgehead atoms. The van der Waals surface area contributed by atoms with E-state index in [0.717, 1.165) is 26.7 Å². The maximum atomic E-state index is 5.70. The zero-order valence-electron chi connectivity index (χ0n) is 11.7. The Bertz CT molecular complexity index is 575. The topological polar surface area (TPSA) is 56.3 Å². The van der Waals surface area contributed by atoms with E-state index >= 15 is 0 Å². The van der Waals surface area contributed by atoms with Crippen LogP contribution in [0.1, 0.15) is 0 Å². The number of hydrogen-bond acceptors (Lipinski definition) is 7. The van der Waals surface area contributed by atoms with Crippen LogP contribution in [0.15, 0.2) is 41.3 Å². The van der Waals surface area contributed by atoms with Crippen molar-refractivity contribution < 1.29 is 9.47 Å². The first-order valence-electron chi connectivity index (χ1n) is 6.40. The minimum atomic E-state index is 0.583. The van der Waals surface area contributed by atoms with Crippen molar-refractivity contribution in [3.8, 4) is 11.5 Å². The third-order valence-corrected chi connectivity index (χ3v) is 4.42. The van der Waals surface area contributed by atoms with Gasteiger partial charge in [-0.2, -0.15) is 0 Å². The predicted molar refractivity (Wildman–Crippen MR) is 87.8 cm³/mol. The van der Waals surface area contributed by atoms with Crippen molar-refractivity contribution >= 4 is 28.2 Å². The molecular weight excluding hydrogens is 306 g/mol. The highest BCUT2D eigenvalue weighted by Crippen LogP contribution is 2.27. The van der Waals surface area contributed by atoms with Gasteiger partial charge in [-0.15, -0.1) is 16.8 Å². The van der Waals surface area contributed by atoms with Crippen LogP contribution in [0.3, 0.4) is 0 Å². The fourth-order valence-electron chi connectivity index (χ4n) is 1.52. The Labute approximate surface area is 132 Å². The van der Waals surface area contributed by atoms with Gasteiger partial charge >= 0.3 is 0 Å². The molecule has 112 valence electrons. The molecule has 5 nitrogen and oxygen atoms in total. The van der Waals surface area contributed by atoms with Crippen molar-refractivity contribution in [2.45, 2.75) is 4.34 Å². The Kier molecular flexibility index (Phi) is 6.36. The van der Waals surface area contributed by atoms with Crippen molar-refractivity contribution in [2.75, 3.05) is 31.3 Å². The molecule has 1 N–H and O–H groups in total. The number of ether oxygens (including phenoxy) is 2. The van der Waals surface area contributed by atoms with Crippen LogP contribution in [0, 0.1) is 0 Å². The smallest absolute Gasteiger partial charge is 0.206 e. The second kappa shape index (κ2) is 8.53. The van der Waals surface area contributed by atoms with Gasteiger partial charge in [0.15, 0.2) is 15.8 Å². The number of aromatic nitrogens is 2. The molecule has 1 aromatic carbocycles. The molecule has 0 aliphatic rings. The van der Waals surface area contributed by atoms with E-state index in [0.29, 0.717) is 13.2 Å². The first-order chi connectivity index (χ1) is 10.3. The summed E-state index contributed by atoms with van der Waals surface area (Å²) in [4.78, 5) is 0. The summed E-state index contributed by atoms with van der Waals surface area (Å²) < 4.78 is 11.9. The Morgan fingerprint density at radius 2 is 2.14 bits per heavy atom. The third kappa shape index (κ3) is 4.95. The average molecular weight is 323 g/mol. The van der Waals surface area contributed by atoms with Gasteiger partial charge < -0.3 is 14.8 Å². The summed E-state index contributed by atoms with van der Waals surface area (Å²) in [5.41, 5.74) is 0. The van der Waals surface area contributed by atoms with Gasteiger partial charge in [0, 0.05) is 12.3 Å². The molecule has 0 aliphatic carbocycles. The molecule has 0 fully saturated rings. The lowest BCUT2D eigenvalue weighted by atomic mass is 10.3. The molecule has 0 atom stereocenters. The Morgan fingerprint density at radius 1 is 1.33 bits per heavy atom. The molecule has 1 heterocycles. The number of methoxy groups -OCH3 is 1. The summed E-state index contributed by atoms with van der Waals surface area (Å²) in [6.45, 7) is 4.92. The Balaban J connectivity index is 1.74. The molecule has 0 amide bonds. The standard InChI is InChI=1S/C14H17N3O2S2/c1-3-8-15-13-16-17-14(21-13)20-10-9-19-12-7-5-4-6-11(12)18-2/h3-7H,1,8-10H2,2H3,(H,15,16). The second-order valence-electron chi connectivity index (χ2n) is 3.89. The SMILES string of the molecule is C=CCNc1nnc(SCCOc2ccccc2OC)s1.